The third kappa shape index (κ3) is 8.79. The van der Waals surface area contributed by atoms with Crippen molar-refractivity contribution in [3.63, 3.8) is 0 Å². The molecule has 0 saturated carbocycles. The van der Waals surface area contributed by atoms with E-state index < -0.39 is 19.5 Å². The monoisotopic (exact) mass is 453 g/mol. The van der Waals surface area contributed by atoms with Crippen molar-refractivity contribution in [2.75, 3.05) is 31.0 Å². The lowest BCUT2D eigenvalue weighted by Crippen LogP contribution is -2.36. The molecule has 11 nitrogen and oxygen atoms in total. The van der Waals surface area contributed by atoms with Crippen LogP contribution in [0, 0.1) is 0 Å². The molecule has 0 aliphatic heterocycles. The molecular weight excluding hydrogens is 425 g/mol. The summed E-state index contributed by atoms with van der Waals surface area (Å²) in [6.45, 7) is 5.16. The van der Waals surface area contributed by atoms with E-state index in [4.69, 9.17) is 30.2 Å². The summed E-state index contributed by atoms with van der Waals surface area (Å²) in [5.41, 5.74) is 11.1. The molecule has 31 heavy (non-hydrogen) atoms. The average Bonchev–Trinajstić information content (AvgIpc) is 2.67. The largest absolute Gasteiger partial charge is 0.475 e. The molecule has 170 valence electrons. The lowest BCUT2D eigenvalue weighted by molar-refractivity contribution is -0.149. The number of aromatic nitrogens is 2. The minimum Gasteiger partial charge on any atom is -0.475 e. The molecule has 1 heterocycles. The zero-order valence-electron chi connectivity index (χ0n) is 17.7. The van der Waals surface area contributed by atoms with Crippen LogP contribution in [0.3, 0.4) is 0 Å². The van der Waals surface area contributed by atoms with Crippen molar-refractivity contribution in [2.45, 2.75) is 32.9 Å². The van der Waals surface area contributed by atoms with Gasteiger partial charge in [-0.25, -0.2) is 5.09 Å². The van der Waals surface area contributed by atoms with Crippen molar-refractivity contribution < 1.29 is 28.1 Å². The third-order valence-corrected chi connectivity index (χ3v) is 5.38. The predicted molar refractivity (Wildman–Crippen MR) is 116 cm³/mol. The van der Waals surface area contributed by atoms with Crippen molar-refractivity contribution >= 4 is 25.3 Å². The summed E-state index contributed by atoms with van der Waals surface area (Å²) >= 11 is 0. The van der Waals surface area contributed by atoms with Gasteiger partial charge in [0.25, 0.3) is 0 Å². The zero-order chi connectivity index (χ0) is 22.9. The number of para-hydroxylation sites is 1. The molecular formula is C19H28N5O6P. The minimum atomic E-state index is -3.62. The van der Waals surface area contributed by atoms with Crippen LogP contribution in [0.25, 0.3) is 0 Å². The molecule has 0 radical (unpaired) electrons. The Morgan fingerprint density at radius 2 is 1.84 bits per heavy atom. The highest BCUT2D eigenvalue weighted by molar-refractivity contribution is 7.57. The summed E-state index contributed by atoms with van der Waals surface area (Å²) < 4.78 is 35.0. The van der Waals surface area contributed by atoms with Crippen molar-refractivity contribution in [3.05, 3.63) is 36.4 Å². The zero-order valence-corrected chi connectivity index (χ0v) is 18.6. The fraction of sp³-hybridized carbons (Fsp3) is 0.421. The molecule has 5 N–H and O–H groups in total. The smallest absolute Gasteiger partial charge is 0.342 e. The first-order valence-corrected chi connectivity index (χ1v) is 11.4. The van der Waals surface area contributed by atoms with Gasteiger partial charge in [0.15, 0.2) is 0 Å². The second kappa shape index (κ2) is 11.5. The summed E-state index contributed by atoms with van der Waals surface area (Å²) in [7, 11) is -3.62. The Bertz CT molecular complexity index is 878. The highest BCUT2D eigenvalue weighted by Gasteiger charge is 2.31. The standard InChI is InChI=1S/C19H28N5O6P/c1-13(2)29-18(25)14(3)24-31(26,30-15-7-5-4-6-8-15)12-27-9-10-28-17-11-16(20)22-19(21)23-17/h4-8,11,13-14H,9-10,12H2,1-3H3,(H,24,26)(H4,20,21,22,23)/t14-,31?/m0/s1. The second-order valence-electron chi connectivity index (χ2n) is 6.79. The summed E-state index contributed by atoms with van der Waals surface area (Å²) in [5.74, 6) is 0.183. The summed E-state index contributed by atoms with van der Waals surface area (Å²) in [6, 6.07) is 9.13. The van der Waals surface area contributed by atoms with Gasteiger partial charge in [-0.3, -0.25) is 9.36 Å². The predicted octanol–water partition coefficient (Wildman–Crippen LogP) is 2.20. The van der Waals surface area contributed by atoms with Gasteiger partial charge in [-0.15, -0.1) is 0 Å². The van der Waals surface area contributed by atoms with Gasteiger partial charge in [-0.2, -0.15) is 9.97 Å². The van der Waals surface area contributed by atoms with Crippen LogP contribution in [0.4, 0.5) is 11.8 Å². The van der Waals surface area contributed by atoms with Crippen molar-refractivity contribution in [1.29, 1.82) is 0 Å². The van der Waals surface area contributed by atoms with E-state index in [-0.39, 0.29) is 43.3 Å². The number of ether oxygens (including phenoxy) is 3. The number of carbonyl (C=O) groups is 1. The number of nitrogens with two attached hydrogens (primary N) is 2. The number of anilines is 2. The van der Waals surface area contributed by atoms with Crippen LogP contribution >= 0.6 is 7.52 Å². The van der Waals surface area contributed by atoms with Gasteiger partial charge in [0.05, 0.1) is 12.7 Å². The number of esters is 1. The van der Waals surface area contributed by atoms with Crippen LogP contribution in [-0.4, -0.2) is 47.6 Å². The number of hydrogen-bond donors (Lipinski definition) is 3. The summed E-state index contributed by atoms with van der Waals surface area (Å²) in [6.07, 6.45) is -0.608. The van der Waals surface area contributed by atoms with Gasteiger partial charge < -0.3 is 30.2 Å². The average molecular weight is 453 g/mol. The molecule has 2 aromatic rings. The fourth-order valence-corrected chi connectivity index (χ4v) is 4.06. The van der Waals surface area contributed by atoms with Crippen LogP contribution in [0.5, 0.6) is 11.6 Å². The molecule has 0 fully saturated rings. The Kier molecular flexibility index (Phi) is 9.04. The topological polar surface area (TPSA) is 161 Å². The molecule has 0 amide bonds. The second-order valence-corrected chi connectivity index (χ2v) is 8.84. The quantitative estimate of drug-likeness (QED) is 0.245. The Hall–Kier alpha value is -2.88. The van der Waals surface area contributed by atoms with E-state index in [0.717, 1.165) is 0 Å². The maximum Gasteiger partial charge on any atom is 0.342 e. The highest BCUT2D eigenvalue weighted by atomic mass is 31.2. The number of rotatable bonds is 12. The van der Waals surface area contributed by atoms with Gasteiger partial charge in [-0.05, 0) is 32.9 Å². The molecule has 1 aromatic carbocycles. The first kappa shape index (κ1) is 24.4. The van der Waals surface area contributed by atoms with Crippen LogP contribution in [0.15, 0.2) is 36.4 Å². The van der Waals surface area contributed by atoms with E-state index in [1.807, 2.05) is 0 Å². The van der Waals surface area contributed by atoms with Crippen molar-refractivity contribution in [1.82, 2.24) is 15.1 Å². The van der Waals surface area contributed by atoms with Gasteiger partial charge >= 0.3 is 13.5 Å². The SMILES string of the molecule is CC(C)OC(=O)[C@H](C)NP(=O)(COCCOc1cc(N)nc(N)n1)Oc1ccccc1. The van der Waals surface area contributed by atoms with Gasteiger partial charge in [0.2, 0.25) is 11.8 Å². The lowest BCUT2D eigenvalue weighted by Gasteiger charge is -2.24. The third-order valence-electron chi connectivity index (χ3n) is 3.57. The summed E-state index contributed by atoms with van der Waals surface area (Å²) in [5, 5.41) is 2.71. The number of nitrogens with zero attached hydrogens (tertiary/aromatic N) is 2. The maximum atomic E-state index is 13.3. The number of nitrogen functional groups attached to an aromatic ring is 2. The van der Waals surface area contributed by atoms with E-state index in [1.54, 1.807) is 51.1 Å². The molecule has 1 aromatic heterocycles. The fourth-order valence-electron chi connectivity index (χ4n) is 2.35. The summed E-state index contributed by atoms with van der Waals surface area (Å²) in [4.78, 5) is 19.7. The maximum absolute atomic E-state index is 13.3. The van der Waals surface area contributed by atoms with Gasteiger partial charge in [0, 0.05) is 6.07 Å². The Labute approximate surface area is 180 Å². The number of carbonyl (C=O) groups excluding carboxylic acids is 1. The van der Waals surface area contributed by atoms with E-state index in [0.29, 0.717) is 5.75 Å². The Balaban J connectivity index is 1.94. The molecule has 0 aliphatic carbocycles. The number of nitrogens with one attached hydrogen (secondary N) is 1. The highest BCUT2D eigenvalue weighted by Crippen LogP contribution is 2.43. The molecule has 2 atom stereocenters. The van der Waals surface area contributed by atoms with Gasteiger partial charge in [-0.1, -0.05) is 18.2 Å². The van der Waals surface area contributed by atoms with Crippen LogP contribution in [0.1, 0.15) is 20.8 Å². The molecule has 1 unspecified atom stereocenters. The minimum absolute atomic E-state index is 0.0110. The van der Waals surface area contributed by atoms with E-state index >= 15 is 0 Å². The van der Waals surface area contributed by atoms with Crippen LogP contribution in [0.2, 0.25) is 0 Å². The first-order chi connectivity index (χ1) is 14.7. The van der Waals surface area contributed by atoms with E-state index in [9.17, 15) is 9.36 Å². The molecule has 0 aliphatic rings. The van der Waals surface area contributed by atoms with Crippen LogP contribution in [-0.2, 0) is 18.8 Å². The van der Waals surface area contributed by atoms with Crippen molar-refractivity contribution in [3.8, 4) is 11.6 Å². The number of hydrogen-bond acceptors (Lipinski definition) is 10. The van der Waals surface area contributed by atoms with Gasteiger partial charge in [0.1, 0.15) is 30.6 Å². The Morgan fingerprint density at radius 1 is 1.13 bits per heavy atom. The van der Waals surface area contributed by atoms with E-state index in [1.165, 1.54) is 6.07 Å². The number of benzene rings is 1. The van der Waals surface area contributed by atoms with E-state index in [2.05, 4.69) is 15.1 Å². The molecule has 0 saturated heterocycles. The van der Waals surface area contributed by atoms with Crippen molar-refractivity contribution in [2.24, 2.45) is 0 Å². The Morgan fingerprint density at radius 3 is 2.48 bits per heavy atom. The molecule has 12 heteroatoms. The molecule has 2 rings (SSSR count). The normalized spacial score (nSPS) is 13.9. The van der Waals surface area contributed by atoms with Crippen LogP contribution < -0.4 is 25.8 Å². The molecule has 0 spiro atoms. The first-order valence-electron chi connectivity index (χ1n) is 9.59. The lowest BCUT2D eigenvalue weighted by atomic mass is 10.3. The molecule has 0 bridgehead atoms.